The molecule has 0 saturated carbocycles. The Bertz CT molecular complexity index is 581. The molecule has 0 radical (unpaired) electrons. The number of benzene rings is 1. The summed E-state index contributed by atoms with van der Waals surface area (Å²) in [6.45, 7) is 5.82. The number of hydrogen-bond donors (Lipinski definition) is 0. The van der Waals surface area contributed by atoms with Gasteiger partial charge >= 0.3 is 5.97 Å². The lowest BCUT2D eigenvalue weighted by atomic mass is 10.2. The highest BCUT2D eigenvalue weighted by atomic mass is 79.9. The van der Waals surface area contributed by atoms with E-state index in [4.69, 9.17) is 4.74 Å². The molecule has 3 nitrogen and oxygen atoms in total. The number of carbonyl (C=O) groups excluding carboxylic acids is 1. The van der Waals surface area contributed by atoms with E-state index >= 15 is 0 Å². The van der Waals surface area contributed by atoms with Crippen molar-refractivity contribution < 1.29 is 9.53 Å². The first-order valence-electron chi connectivity index (χ1n) is 5.82. The number of ether oxygens (including phenoxy) is 1. The predicted molar refractivity (Wildman–Crippen MR) is 75.5 cm³/mol. The van der Waals surface area contributed by atoms with Gasteiger partial charge in [-0.2, -0.15) is 0 Å². The Labute approximate surface area is 115 Å². The zero-order valence-electron chi connectivity index (χ0n) is 10.7. The van der Waals surface area contributed by atoms with E-state index in [9.17, 15) is 4.79 Å². The highest BCUT2D eigenvalue weighted by Gasteiger charge is 2.18. The number of esters is 1. The number of halogens is 1. The lowest BCUT2D eigenvalue weighted by Gasteiger charge is -2.20. The Kier molecular flexibility index (Phi) is 3.48. The average Bonchev–Trinajstić information content (AvgIpc) is 2.53. The van der Waals surface area contributed by atoms with Crippen molar-refractivity contribution in [2.45, 2.75) is 32.9 Å². The minimum absolute atomic E-state index is 0.214. The van der Waals surface area contributed by atoms with Crippen molar-refractivity contribution in [3.05, 3.63) is 34.9 Å². The molecule has 0 aliphatic rings. The highest BCUT2D eigenvalue weighted by Crippen LogP contribution is 2.24. The molecule has 0 N–H and O–H groups in total. The topological polar surface area (TPSA) is 31.2 Å². The molecule has 0 fully saturated rings. The fourth-order valence-electron chi connectivity index (χ4n) is 1.84. The Balaban J connectivity index is 2.27. The van der Waals surface area contributed by atoms with E-state index in [2.05, 4.69) is 15.9 Å². The molecule has 0 aliphatic carbocycles. The third kappa shape index (κ3) is 2.93. The molecule has 0 aliphatic heterocycles. The minimum Gasteiger partial charge on any atom is -0.459 e. The monoisotopic (exact) mass is 309 g/mol. The van der Waals surface area contributed by atoms with E-state index in [0.717, 1.165) is 15.5 Å². The molecule has 0 unspecified atom stereocenters. The summed E-state index contributed by atoms with van der Waals surface area (Å²) in [7, 11) is 0. The molecular weight excluding hydrogens is 294 g/mol. The molecule has 1 aromatic carbocycles. The summed E-state index contributed by atoms with van der Waals surface area (Å²) < 4.78 is 8.12. The van der Waals surface area contributed by atoms with Crippen molar-refractivity contribution in [2.75, 3.05) is 0 Å². The predicted octanol–water partition coefficient (Wildman–Crippen LogP) is 3.75. The van der Waals surface area contributed by atoms with Crippen LogP contribution in [0.15, 0.2) is 34.9 Å². The second-order valence-corrected chi connectivity index (χ2v) is 6.01. The first-order chi connectivity index (χ1) is 8.37. The molecule has 0 saturated heterocycles. The van der Waals surface area contributed by atoms with Gasteiger partial charge in [0.05, 0.1) is 4.60 Å². The molecule has 0 amide bonds. The SMILES string of the molecule is CC(C)(C)OC(=O)Cn1c(Br)cc2ccccc21. The second kappa shape index (κ2) is 4.76. The number of carbonyl (C=O) groups is 1. The van der Waals surface area contributed by atoms with Crippen molar-refractivity contribution >= 4 is 32.8 Å². The van der Waals surface area contributed by atoms with Crippen LogP contribution in [0.5, 0.6) is 0 Å². The zero-order valence-corrected chi connectivity index (χ0v) is 12.3. The Morgan fingerprint density at radius 1 is 1.33 bits per heavy atom. The van der Waals surface area contributed by atoms with Gasteiger partial charge in [0, 0.05) is 10.9 Å². The van der Waals surface area contributed by atoms with Crippen molar-refractivity contribution in [2.24, 2.45) is 0 Å². The van der Waals surface area contributed by atoms with Gasteiger partial charge in [-0.25, -0.2) is 0 Å². The third-order valence-electron chi connectivity index (χ3n) is 2.47. The van der Waals surface area contributed by atoms with E-state index in [1.54, 1.807) is 0 Å². The van der Waals surface area contributed by atoms with E-state index < -0.39 is 5.60 Å². The lowest BCUT2D eigenvalue weighted by molar-refractivity contribution is -0.155. The Morgan fingerprint density at radius 3 is 2.67 bits per heavy atom. The number of nitrogens with zero attached hydrogens (tertiary/aromatic N) is 1. The van der Waals surface area contributed by atoms with Crippen LogP contribution in [0.1, 0.15) is 20.8 Å². The lowest BCUT2D eigenvalue weighted by Crippen LogP contribution is -2.26. The van der Waals surface area contributed by atoms with Crippen LogP contribution in [0.2, 0.25) is 0 Å². The van der Waals surface area contributed by atoms with E-state index in [1.807, 2.05) is 55.7 Å². The first kappa shape index (κ1) is 13.1. The maximum Gasteiger partial charge on any atom is 0.326 e. The van der Waals surface area contributed by atoms with Crippen LogP contribution in [0.3, 0.4) is 0 Å². The van der Waals surface area contributed by atoms with Gasteiger partial charge < -0.3 is 9.30 Å². The van der Waals surface area contributed by atoms with Gasteiger partial charge in [0.15, 0.2) is 0 Å². The van der Waals surface area contributed by atoms with Crippen molar-refractivity contribution in [3.63, 3.8) is 0 Å². The van der Waals surface area contributed by atoms with Crippen LogP contribution in [0.4, 0.5) is 0 Å². The van der Waals surface area contributed by atoms with Gasteiger partial charge in [0.2, 0.25) is 0 Å². The normalized spacial score (nSPS) is 11.8. The van der Waals surface area contributed by atoms with E-state index in [1.165, 1.54) is 0 Å². The smallest absolute Gasteiger partial charge is 0.326 e. The molecule has 4 heteroatoms. The number of para-hydroxylation sites is 1. The molecule has 2 aromatic rings. The second-order valence-electron chi connectivity index (χ2n) is 5.20. The van der Waals surface area contributed by atoms with Crippen LogP contribution in [0, 0.1) is 0 Å². The number of aromatic nitrogens is 1. The number of rotatable bonds is 2. The number of fused-ring (bicyclic) bond motifs is 1. The van der Waals surface area contributed by atoms with E-state index in [-0.39, 0.29) is 12.5 Å². The Hall–Kier alpha value is -1.29. The van der Waals surface area contributed by atoms with Crippen LogP contribution in [0.25, 0.3) is 10.9 Å². The van der Waals surface area contributed by atoms with Crippen LogP contribution in [-0.4, -0.2) is 16.1 Å². The molecule has 0 spiro atoms. The fourth-order valence-corrected chi connectivity index (χ4v) is 2.40. The van der Waals surface area contributed by atoms with Gasteiger partial charge in [-0.3, -0.25) is 4.79 Å². The van der Waals surface area contributed by atoms with Crippen molar-refractivity contribution in [1.29, 1.82) is 0 Å². The standard InChI is InChI=1S/C14H16BrNO2/c1-14(2,3)18-13(17)9-16-11-7-5-4-6-10(11)8-12(16)15/h4-8H,9H2,1-3H3. The summed E-state index contributed by atoms with van der Waals surface area (Å²) >= 11 is 3.47. The molecule has 2 rings (SSSR count). The highest BCUT2D eigenvalue weighted by molar-refractivity contribution is 9.10. The van der Waals surface area contributed by atoms with Gasteiger partial charge in [-0.05, 0) is 48.8 Å². The van der Waals surface area contributed by atoms with Gasteiger partial charge in [-0.15, -0.1) is 0 Å². The minimum atomic E-state index is -0.452. The van der Waals surface area contributed by atoms with Gasteiger partial charge in [-0.1, -0.05) is 18.2 Å². The van der Waals surface area contributed by atoms with Gasteiger partial charge in [0.1, 0.15) is 12.1 Å². The Morgan fingerprint density at radius 2 is 2.00 bits per heavy atom. The maximum absolute atomic E-state index is 11.9. The van der Waals surface area contributed by atoms with Crippen LogP contribution < -0.4 is 0 Å². The summed E-state index contributed by atoms with van der Waals surface area (Å²) in [6.07, 6.45) is 0. The van der Waals surface area contributed by atoms with Crippen molar-refractivity contribution in [1.82, 2.24) is 4.57 Å². The van der Waals surface area contributed by atoms with Crippen molar-refractivity contribution in [3.8, 4) is 0 Å². The summed E-state index contributed by atoms with van der Waals surface area (Å²) in [5.41, 5.74) is 0.571. The maximum atomic E-state index is 11.9. The van der Waals surface area contributed by atoms with Gasteiger partial charge in [0.25, 0.3) is 0 Å². The zero-order chi connectivity index (χ0) is 13.3. The molecular formula is C14H16BrNO2. The molecule has 0 atom stereocenters. The summed E-state index contributed by atoms with van der Waals surface area (Å²) in [5.74, 6) is -0.232. The molecule has 96 valence electrons. The van der Waals surface area contributed by atoms with Crippen LogP contribution in [-0.2, 0) is 16.1 Å². The largest absolute Gasteiger partial charge is 0.459 e. The summed E-state index contributed by atoms with van der Waals surface area (Å²) in [4.78, 5) is 11.9. The average molecular weight is 310 g/mol. The quantitative estimate of drug-likeness (QED) is 0.791. The third-order valence-corrected chi connectivity index (χ3v) is 3.12. The summed E-state index contributed by atoms with van der Waals surface area (Å²) in [5, 5.41) is 1.10. The molecule has 18 heavy (non-hydrogen) atoms. The van der Waals surface area contributed by atoms with Crippen LogP contribution >= 0.6 is 15.9 Å². The first-order valence-corrected chi connectivity index (χ1v) is 6.62. The number of hydrogen-bond acceptors (Lipinski definition) is 2. The molecule has 1 aromatic heterocycles. The molecule has 0 bridgehead atoms. The summed E-state index contributed by atoms with van der Waals surface area (Å²) in [6, 6.07) is 9.95. The molecule has 1 heterocycles. The fraction of sp³-hybridized carbons (Fsp3) is 0.357. The van der Waals surface area contributed by atoms with E-state index in [0.29, 0.717) is 0 Å².